The van der Waals surface area contributed by atoms with E-state index in [9.17, 15) is 0 Å². The number of ether oxygens (including phenoxy) is 3. The maximum absolute atomic E-state index is 6.04. The van der Waals surface area contributed by atoms with Crippen molar-refractivity contribution in [2.75, 3.05) is 27.4 Å². The van der Waals surface area contributed by atoms with Crippen LogP contribution >= 0.6 is 11.6 Å². The van der Waals surface area contributed by atoms with Gasteiger partial charge in [-0.05, 0) is 6.07 Å². The van der Waals surface area contributed by atoms with Crippen LogP contribution in [0.3, 0.4) is 0 Å². The fourth-order valence-electron chi connectivity index (χ4n) is 2.64. The lowest BCUT2D eigenvalue weighted by Gasteiger charge is -2.26. The Morgan fingerprint density at radius 3 is 2.86 bits per heavy atom. The summed E-state index contributed by atoms with van der Waals surface area (Å²) in [5.74, 6) is 1.65. The molecular weight excluding hydrogens is 294 g/mol. The first kappa shape index (κ1) is 14.6. The molecule has 0 bridgehead atoms. The first-order valence-corrected chi connectivity index (χ1v) is 7.34. The maximum Gasteiger partial charge on any atom is 0.215 e. The molecule has 0 spiro atoms. The van der Waals surface area contributed by atoms with Crippen LogP contribution in [-0.2, 0) is 21.9 Å². The molecule has 1 atom stereocenters. The molecule has 0 aliphatic carbocycles. The van der Waals surface area contributed by atoms with E-state index in [4.69, 9.17) is 25.8 Å². The molecule has 6 nitrogen and oxygen atoms in total. The topological polar surface area (TPSA) is 58.4 Å². The average Bonchev–Trinajstić information content (AvgIpc) is 3.12. The summed E-state index contributed by atoms with van der Waals surface area (Å²) in [6, 6.07) is 3.68. The molecule has 0 amide bonds. The number of halogens is 1. The molecule has 1 aliphatic rings. The van der Waals surface area contributed by atoms with Gasteiger partial charge in [-0.1, -0.05) is 0 Å². The second kappa shape index (κ2) is 5.79. The van der Waals surface area contributed by atoms with Crippen molar-refractivity contribution in [2.45, 2.75) is 24.4 Å². The summed E-state index contributed by atoms with van der Waals surface area (Å²) in [6.07, 6.45) is 0.842. The predicted molar refractivity (Wildman–Crippen MR) is 78.8 cm³/mol. The highest BCUT2D eigenvalue weighted by molar-refractivity contribution is 6.16. The number of hydrogen-bond donors (Lipinski definition) is 0. The molecule has 3 rings (SSSR count). The Labute approximate surface area is 128 Å². The van der Waals surface area contributed by atoms with E-state index >= 15 is 0 Å². The van der Waals surface area contributed by atoms with E-state index in [0.29, 0.717) is 31.5 Å². The molecule has 0 saturated carbocycles. The number of hydrogen-bond acceptors (Lipinski definition) is 5. The molecule has 1 aliphatic heterocycles. The Hall–Kier alpha value is -1.37. The molecule has 2 aromatic rings. The fourth-order valence-corrected chi connectivity index (χ4v) is 2.84. The number of methoxy groups -OCH3 is 2. The molecular formula is C14H18ClN3O3. The lowest BCUT2D eigenvalue weighted by molar-refractivity contribution is -0.0292. The van der Waals surface area contributed by atoms with Gasteiger partial charge in [-0.3, -0.25) is 0 Å². The Morgan fingerprint density at radius 2 is 2.24 bits per heavy atom. The molecule has 1 fully saturated rings. The number of aromatic nitrogens is 3. The molecule has 114 valence electrons. The van der Waals surface area contributed by atoms with E-state index in [1.807, 2.05) is 10.6 Å². The molecule has 0 radical (unpaired) electrons. The average molecular weight is 312 g/mol. The Balaban J connectivity index is 2.06. The smallest absolute Gasteiger partial charge is 0.215 e. The molecule has 1 saturated heterocycles. The highest BCUT2D eigenvalue weighted by Gasteiger charge is 2.36. The Kier molecular flexibility index (Phi) is 4.01. The van der Waals surface area contributed by atoms with E-state index in [1.54, 1.807) is 20.3 Å². The van der Waals surface area contributed by atoms with Gasteiger partial charge < -0.3 is 18.8 Å². The van der Waals surface area contributed by atoms with Crippen LogP contribution in [0.2, 0.25) is 0 Å². The first-order chi connectivity index (χ1) is 10.2. The lowest BCUT2D eigenvalue weighted by Crippen LogP contribution is -2.37. The zero-order chi connectivity index (χ0) is 14.9. The maximum atomic E-state index is 6.04. The van der Waals surface area contributed by atoms with Crippen LogP contribution in [0, 0.1) is 0 Å². The minimum absolute atomic E-state index is 0.319. The number of fused-ring (bicyclic) bond motifs is 1. The summed E-state index contributed by atoms with van der Waals surface area (Å²) in [5.41, 5.74) is 1.21. The van der Waals surface area contributed by atoms with Crippen LogP contribution in [0.1, 0.15) is 12.2 Å². The molecule has 21 heavy (non-hydrogen) atoms. The van der Waals surface area contributed by atoms with Crippen LogP contribution in [-0.4, -0.2) is 47.6 Å². The van der Waals surface area contributed by atoms with Crippen LogP contribution in [0.4, 0.5) is 0 Å². The van der Waals surface area contributed by atoms with E-state index in [1.165, 1.54) is 0 Å². The highest BCUT2D eigenvalue weighted by atomic mass is 35.5. The van der Waals surface area contributed by atoms with Gasteiger partial charge in [-0.25, -0.2) is 4.98 Å². The van der Waals surface area contributed by atoms with Crippen LogP contribution in [0.15, 0.2) is 12.1 Å². The van der Waals surface area contributed by atoms with Gasteiger partial charge in [0.25, 0.3) is 0 Å². The zero-order valence-corrected chi connectivity index (χ0v) is 12.9. The third-order valence-corrected chi connectivity index (χ3v) is 4.16. The van der Waals surface area contributed by atoms with Crippen LogP contribution in [0.25, 0.3) is 11.2 Å². The van der Waals surface area contributed by atoms with Crippen molar-refractivity contribution in [1.82, 2.24) is 14.5 Å². The van der Waals surface area contributed by atoms with E-state index in [-0.39, 0.29) is 5.60 Å². The van der Waals surface area contributed by atoms with Gasteiger partial charge >= 0.3 is 0 Å². The minimum Gasteiger partial charge on any atom is -0.481 e. The van der Waals surface area contributed by atoms with Gasteiger partial charge in [0.2, 0.25) is 5.88 Å². The largest absolute Gasteiger partial charge is 0.481 e. The molecule has 3 heterocycles. The number of imidazole rings is 1. The number of nitrogens with zero attached hydrogens (tertiary/aromatic N) is 3. The van der Waals surface area contributed by atoms with E-state index in [2.05, 4.69) is 9.97 Å². The second-order valence-corrected chi connectivity index (χ2v) is 5.40. The highest BCUT2D eigenvalue weighted by Crippen LogP contribution is 2.28. The van der Waals surface area contributed by atoms with E-state index in [0.717, 1.165) is 23.4 Å². The molecule has 1 unspecified atom stereocenters. The van der Waals surface area contributed by atoms with Crippen molar-refractivity contribution in [3.8, 4) is 5.88 Å². The van der Waals surface area contributed by atoms with Crippen LogP contribution < -0.4 is 4.74 Å². The molecule has 0 aromatic carbocycles. The monoisotopic (exact) mass is 311 g/mol. The molecule has 0 N–H and O–H groups in total. The zero-order valence-electron chi connectivity index (χ0n) is 12.1. The number of rotatable bonds is 5. The van der Waals surface area contributed by atoms with Crippen molar-refractivity contribution in [3.05, 3.63) is 18.0 Å². The Bertz CT molecular complexity index is 638. The molecule has 2 aromatic heterocycles. The van der Waals surface area contributed by atoms with Crippen molar-refractivity contribution < 1.29 is 14.2 Å². The predicted octanol–water partition coefficient (Wildman–Crippen LogP) is 1.98. The van der Waals surface area contributed by atoms with Crippen molar-refractivity contribution in [1.29, 1.82) is 0 Å². The van der Waals surface area contributed by atoms with Gasteiger partial charge in [-0.15, -0.1) is 11.6 Å². The third kappa shape index (κ3) is 2.59. The quantitative estimate of drug-likeness (QED) is 0.790. The van der Waals surface area contributed by atoms with Gasteiger partial charge in [-0.2, -0.15) is 4.98 Å². The van der Waals surface area contributed by atoms with Crippen LogP contribution in [0.5, 0.6) is 5.88 Å². The SMILES string of the molecule is COc1ccc2nc(CCl)n(CC3(OC)CCOC3)c2n1. The summed E-state index contributed by atoms with van der Waals surface area (Å²) in [6.45, 7) is 1.88. The first-order valence-electron chi connectivity index (χ1n) is 6.80. The summed E-state index contributed by atoms with van der Waals surface area (Å²) >= 11 is 6.04. The van der Waals surface area contributed by atoms with Crippen molar-refractivity contribution >= 4 is 22.8 Å². The van der Waals surface area contributed by atoms with Gasteiger partial charge in [0.1, 0.15) is 16.9 Å². The number of alkyl halides is 1. The minimum atomic E-state index is -0.348. The third-order valence-electron chi connectivity index (χ3n) is 3.92. The lowest BCUT2D eigenvalue weighted by atomic mass is 10.0. The van der Waals surface area contributed by atoms with Gasteiger partial charge in [0.15, 0.2) is 5.65 Å². The second-order valence-electron chi connectivity index (χ2n) is 5.13. The standard InChI is InChI=1S/C14H18ClN3O3/c1-19-12-4-3-10-13(17-12)18(11(7-15)16-10)8-14(20-2)5-6-21-9-14/h3-4H,5-9H2,1-2H3. The van der Waals surface area contributed by atoms with Crippen molar-refractivity contribution in [2.24, 2.45) is 0 Å². The summed E-state index contributed by atoms with van der Waals surface area (Å²) < 4.78 is 18.4. The van der Waals surface area contributed by atoms with Crippen molar-refractivity contribution in [3.63, 3.8) is 0 Å². The van der Waals surface area contributed by atoms with Gasteiger partial charge in [0, 0.05) is 26.2 Å². The van der Waals surface area contributed by atoms with Gasteiger partial charge in [0.05, 0.1) is 26.1 Å². The molecule has 7 heteroatoms. The fraction of sp³-hybridized carbons (Fsp3) is 0.571. The summed E-state index contributed by atoms with van der Waals surface area (Å²) in [5, 5.41) is 0. The summed E-state index contributed by atoms with van der Waals surface area (Å²) in [4.78, 5) is 9.02. The Morgan fingerprint density at radius 1 is 1.38 bits per heavy atom. The van der Waals surface area contributed by atoms with E-state index < -0.39 is 0 Å². The normalized spacial score (nSPS) is 22.0. The summed E-state index contributed by atoms with van der Waals surface area (Å²) in [7, 11) is 3.31. The number of pyridine rings is 1.